The first-order valence-electron chi connectivity index (χ1n) is 10.7. The predicted molar refractivity (Wildman–Crippen MR) is 136 cm³/mol. The number of nitro benzene ring substituents is 1. The van der Waals surface area contributed by atoms with Crippen molar-refractivity contribution >= 4 is 40.5 Å². The second kappa shape index (κ2) is 10.7. The number of aromatic nitrogens is 2. The van der Waals surface area contributed by atoms with Crippen molar-refractivity contribution in [1.29, 1.82) is 0 Å². The molecule has 0 bridgehead atoms. The third kappa shape index (κ3) is 6.12. The Labute approximate surface area is 216 Å². The monoisotopic (exact) mass is 526 g/mol. The molecule has 0 atom stereocenters. The number of nitrogens with one attached hydrogen (secondary N) is 1. The predicted octanol–water partition coefficient (Wildman–Crippen LogP) is 6.80. The molecule has 0 aliphatic carbocycles. The molecular weight excluding hydrogens is 507 g/mol. The fourth-order valence-corrected chi connectivity index (χ4v) is 3.70. The molecule has 0 unspecified atom stereocenters. The topological polar surface area (TPSA) is 109 Å². The lowest BCUT2D eigenvalue weighted by Crippen LogP contribution is -2.14. The maximum absolute atomic E-state index is 12.8. The molecule has 1 aromatic heterocycles. The SMILES string of the molecule is Cc1ccc(C)c(Oc2cc(NC(=O)c3ccn(COc4ccc(Cl)cc4Cl)n3)cc([N+](=O)[O-])c2)c1. The second-order valence-electron chi connectivity index (χ2n) is 7.89. The van der Waals surface area contributed by atoms with E-state index in [0.717, 1.165) is 11.1 Å². The molecule has 0 radical (unpaired) electrons. The summed E-state index contributed by atoms with van der Waals surface area (Å²) in [6.07, 6.45) is 1.56. The van der Waals surface area contributed by atoms with Crippen LogP contribution in [0.25, 0.3) is 0 Å². The highest BCUT2D eigenvalue weighted by atomic mass is 35.5. The van der Waals surface area contributed by atoms with Crippen LogP contribution in [0.3, 0.4) is 0 Å². The quantitative estimate of drug-likeness (QED) is 0.200. The maximum atomic E-state index is 12.8. The summed E-state index contributed by atoms with van der Waals surface area (Å²) in [6, 6.07) is 16.0. The Balaban J connectivity index is 1.48. The number of anilines is 1. The third-order valence-electron chi connectivity index (χ3n) is 5.05. The van der Waals surface area contributed by atoms with E-state index < -0.39 is 10.8 Å². The zero-order valence-electron chi connectivity index (χ0n) is 19.2. The zero-order chi connectivity index (χ0) is 25.8. The van der Waals surface area contributed by atoms with Gasteiger partial charge in [-0.3, -0.25) is 14.9 Å². The van der Waals surface area contributed by atoms with Crippen LogP contribution in [0.15, 0.2) is 66.9 Å². The van der Waals surface area contributed by atoms with Gasteiger partial charge in [-0.25, -0.2) is 4.68 Å². The number of halogens is 2. The highest BCUT2D eigenvalue weighted by Gasteiger charge is 2.16. The van der Waals surface area contributed by atoms with Gasteiger partial charge in [-0.2, -0.15) is 5.10 Å². The number of benzene rings is 3. The second-order valence-corrected chi connectivity index (χ2v) is 8.73. The molecule has 9 nitrogen and oxygen atoms in total. The van der Waals surface area contributed by atoms with Crippen LogP contribution in [0.5, 0.6) is 17.2 Å². The molecule has 0 aliphatic heterocycles. The molecule has 1 amide bonds. The van der Waals surface area contributed by atoms with Gasteiger partial charge in [-0.15, -0.1) is 0 Å². The summed E-state index contributed by atoms with van der Waals surface area (Å²) in [5, 5.41) is 19.1. The molecule has 1 heterocycles. The van der Waals surface area contributed by atoms with Crippen LogP contribution in [0.2, 0.25) is 10.0 Å². The minimum atomic E-state index is -0.559. The first kappa shape index (κ1) is 25.0. The number of nitrogens with zero attached hydrogens (tertiary/aromatic N) is 3. The molecule has 36 heavy (non-hydrogen) atoms. The van der Waals surface area contributed by atoms with Crippen molar-refractivity contribution in [2.45, 2.75) is 20.6 Å². The van der Waals surface area contributed by atoms with Gasteiger partial charge >= 0.3 is 0 Å². The number of aryl methyl sites for hydroxylation is 2. The van der Waals surface area contributed by atoms with Gasteiger partial charge in [-0.1, -0.05) is 35.3 Å². The summed E-state index contributed by atoms with van der Waals surface area (Å²) in [5.41, 5.74) is 1.89. The van der Waals surface area contributed by atoms with Gasteiger partial charge in [0.15, 0.2) is 12.4 Å². The number of hydrogen-bond acceptors (Lipinski definition) is 6. The largest absolute Gasteiger partial charge is 0.470 e. The fourth-order valence-electron chi connectivity index (χ4n) is 3.24. The van der Waals surface area contributed by atoms with E-state index in [1.54, 1.807) is 24.4 Å². The zero-order valence-corrected chi connectivity index (χ0v) is 20.7. The molecule has 0 saturated heterocycles. The Morgan fingerprint density at radius 2 is 1.86 bits per heavy atom. The van der Waals surface area contributed by atoms with Crippen LogP contribution in [-0.2, 0) is 6.73 Å². The molecule has 0 spiro atoms. The van der Waals surface area contributed by atoms with Crippen LogP contribution >= 0.6 is 23.2 Å². The Hall–Kier alpha value is -4.08. The average molecular weight is 527 g/mol. The van der Waals surface area contributed by atoms with Gasteiger partial charge < -0.3 is 14.8 Å². The number of ether oxygens (including phenoxy) is 2. The van der Waals surface area contributed by atoms with E-state index in [4.69, 9.17) is 32.7 Å². The van der Waals surface area contributed by atoms with Crippen LogP contribution < -0.4 is 14.8 Å². The minimum Gasteiger partial charge on any atom is -0.470 e. The van der Waals surface area contributed by atoms with Crippen molar-refractivity contribution in [3.05, 3.63) is 104 Å². The number of amides is 1. The molecule has 0 saturated carbocycles. The van der Waals surface area contributed by atoms with Gasteiger partial charge in [0.1, 0.15) is 17.2 Å². The Morgan fingerprint density at radius 3 is 2.61 bits per heavy atom. The standard InChI is InChI=1S/C25H20Cl2N4O5/c1-15-3-4-16(2)24(9-15)36-20-12-18(11-19(13-20)31(33)34)28-25(32)22-7-8-30(29-22)14-35-23-6-5-17(26)10-21(23)27/h3-13H,14H2,1-2H3,(H,28,32). The summed E-state index contributed by atoms with van der Waals surface area (Å²) in [4.78, 5) is 23.7. The molecule has 0 aliphatic rings. The van der Waals surface area contributed by atoms with Crippen LogP contribution in [-0.4, -0.2) is 20.6 Å². The van der Waals surface area contributed by atoms with E-state index in [1.165, 1.54) is 28.9 Å². The van der Waals surface area contributed by atoms with Crippen molar-refractivity contribution < 1.29 is 19.2 Å². The van der Waals surface area contributed by atoms with E-state index in [9.17, 15) is 14.9 Å². The van der Waals surface area contributed by atoms with Crippen LogP contribution in [0.1, 0.15) is 21.6 Å². The molecule has 184 valence electrons. The van der Waals surface area contributed by atoms with E-state index in [2.05, 4.69) is 10.4 Å². The number of non-ortho nitro benzene ring substituents is 1. The minimum absolute atomic E-state index is 0.000721. The summed E-state index contributed by atoms with van der Waals surface area (Å²) < 4.78 is 12.9. The van der Waals surface area contributed by atoms with Crippen molar-refractivity contribution in [1.82, 2.24) is 9.78 Å². The molecule has 4 rings (SSSR count). The van der Waals surface area contributed by atoms with Crippen LogP contribution in [0, 0.1) is 24.0 Å². The maximum Gasteiger partial charge on any atom is 0.276 e. The number of carbonyl (C=O) groups excluding carboxylic acids is 1. The lowest BCUT2D eigenvalue weighted by Gasteiger charge is -2.11. The van der Waals surface area contributed by atoms with Gasteiger partial charge in [0.25, 0.3) is 11.6 Å². The highest BCUT2D eigenvalue weighted by molar-refractivity contribution is 6.35. The van der Waals surface area contributed by atoms with Crippen molar-refractivity contribution in [2.75, 3.05) is 5.32 Å². The first-order valence-corrected chi connectivity index (χ1v) is 11.4. The number of carbonyl (C=O) groups is 1. The van der Waals surface area contributed by atoms with Crippen LogP contribution in [0.4, 0.5) is 11.4 Å². The Bertz CT molecular complexity index is 1450. The third-order valence-corrected chi connectivity index (χ3v) is 5.58. The highest BCUT2D eigenvalue weighted by Crippen LogP contribution is 2.32. The molecule has 0 fully saturated rings. The van der Waals surface area contributed by atoms with Crippen molar-refractivity contribution in [3.8, 4) is 17.2 Å². The van der Waals surface area contributed by atoms with Gasteiger partial charge in [0, 0.05) is 23.4 Å². The normalized spacial score (nSPS) is 10.7. The molecule has 1 N–H and O–H groups in total. The Morgan fingerprint density at radius 1 is 1.06 bits per heavy atom. The van der Waals surface area contributed by atoms with E-state index >= 15 is 0 Å². The Kier molecular flexibility index (Phi) is 7.42. The van der Waals surface area contributed by atoms with E-state index in [1.807, 2.05) is 32.0 Å². The average Bonchev–Trinajstić information content (AvgIpc) is 3.30. The summed E-state index contributed by atoms with van der Waals surface area (Å²) in [6.45, 7) is 3.79. The van der Waals surface area contributed by atoms with Gasteiger partial charge in [-0.05, 0) is 55.3 Å². The number of hydrogen-bond donors (Lipinski definition) is 1. The van der Waals surface area contributed by atoms with Gasteiger partial charge in [0.2, 0.25) is 0 Å². The number of rotatable bonds is 8. The summed E-state index contributed by atoms with van der Waals surface area (Å²) >= 11 is 12.0. The smallest absolute Gasteiger partial charge is 0.276 e. The van der Waals surface area contributed by atoms with Gasteiger partial charge in [0.05, 0.1) is 21.7 Å². The summed E-state index contributed by atoms with van der Waals surface area (Å²) in [7, 11) is 0. The lowest BCUT2D eigenvalue weighted by atomic mass is 10.1. The van der Waals surface area contributed by atoms with E-state index in [-0.39, 0.29) is 29.5 Å². The molecule has 4 aromatic rings. The molecule has 3 aromatic carbocycles. The molecular formula is C25H20Cl2N4O5. The first-order chi connectivity index (χ1) is 17.2. The molecule has 11 heteroatoms. The van der Waals surface area contributed by atoms with Crippen molar-refractivity contribution in [3.63, 3.8) is 0 Å². The lowest BCUT2D eigenvalue weighted by molar-refractivity contribution is -0.384. The van der Waals surface area contributed by atoms with Crippen molar-refractivity contribution in [2.24, 2.45) is 0 Å². The fraction of sp³-hybridized carbons (Fsp3) is 0.120. The summed E-state index contributed by atoms with van der Waals surface area (Å²) in [5.74, 6) is 0.631. The number of nitro groups is 1. The van der Waals surface area contributed by atoms with E-state index in [0.29, 0.717) is 21.5 Å².